The van der Waals surface area contributed by atoms with Crippen molar-refractivity contribution >= 4 is 23.9 Å². The number of benzene rings is 2. The van der Waals surface area contributed by atoms with E-state index in [4.69, 9.17) is 27.8 Å². The normalized spacial score (nSPS) is 28.9. The Bertz CT molecular complexity index is 1100. The van der Waals surface area contributed by atoms with Gasteiger partial charge in [-0.1, -0.05) is 36.4 Å². The van der Waals surface area contributed by atoms with Crippen LogP contribution in [0.5, 0.6) is 0 Å². The van der Waals surface area contributed by atoms with Gasteiger partial charge in [-0.3, -0.25) is 9.59 Å². The van der Waals surface area contributed by atoms with E-state index in [1.165, 1.54) is 36.4 Å². The Morgan fingerprint density at radius 2 is 1.38 bits per heavy atom. The van der Waals surface area contributed by atoms with Crippen LogP contribution in [-0.2, 0) is 33.3 Å². The van der Waals surface area contributed by atoms with Crippen molar-refractivity contribution in [3.05, 3.63) is 71.8 Å². The minimum absolute atomic E-state index is 0.0261. The molecule has 0 aliphatic carbocycles. The first-order chi connectivity index (χ1) is 16.5. The lowest BCUT2D eigenvalue weighted by Crippen LogP contribution is -2.42. The molecule has 2 aromatic rings. The zero-order valence-electron chi connectivity index (χ0n) is 20.2. The number of carbonyl (C=O) groups is 4. The Morgan fingerprint density at radius 1 is 0.844 bits per heavy atom. The molecule has 1 fully saturated rings. The summed E-state index contributed by atoms with van der Waals surface area (Å²) in [5.74, 6) is -4.06. The topological polar surface area (TPSA) is 114 Å². The first kappa shape index (κ1) is 19.0. The van der Waals surface area contributed by atoms with Crippen molar-refractivity contribution in [2.45, 2.75) is 38.4 Å². The summed E-state index contributed by atoms with van der Waals surface area (Å²) in [7, 11) is 0. The van der Waals surface area contributed by atoms with Crippen molar-refractivity contribution in [2.24, 2.45) is 0 Å². The van der Waals surface area contributed by atoms with Gasteiger partial charge in [0.15, 0.2) is 6.08 Å². The second kappa shape index (κ2) is 10.5. The van der Waals surface area contributed by atoms with Crippen molar-refractivity contribution in [1.29, 1.82) is 0 Å². The van der Waals surface area contributed by atoms with Crippen LogP contribution in [0.2, 0.25) is 0 Å². The summed E-state index contributed by atoms with van der Waals surface area (Å²) < 4.78 is 51.7. The fraction of sp³-hybridized carbons (Fsp3) is 0.304. The molecule has 1 aliphatic heterocycles. The Kier molecular flexibility index (Phi) is 6.26. The summed E-state index contributed by atoms with van der Waals surface area (Å²) in [5, 5.41) is 0. The maximum Gasteiger partial charge on any atom is 0.338 e. The van der Waals surface area contributed by atoms with Crippen molar-refractivity contribution in [3.8, 4) is 0 Å². The summed E-state index contributed by atoms with van der Waals surface area (Å²) in [6.45, 7) is -0.343. The molecule has 168 valence electrons. The van der Waals surface area contributed by atoms with Gasteiger partial charge < -0.3 is 23.7 Å². The average molecular weight is 445 g/mol. The van der Waals surface area contributed by atoms with E-state index in [2.05, 4.69) is 0 Å². The molecule has 0 spiro atoms. The Balaban J connectivity index is 2.02. The van der Waals surface area contributed by atoms with Crippen LogP contribution in [-0.4, -0.2) is 55.0 Å². The van der Waals surface area contributed by atoms with Crippen LogP contribution in [0.3, 0.4) is 0 Å². The second-order valence-electron chi connectivity index (χ2n) is 6.50. The highest BCUT2D eigenvalue weighted by molar-refractivity contribution is 5.90. The van der Waals surface area contributed by atoms with Gasteiger partial charge in [0.1, 0.15) is 12.7 Å². The molecule has 1 heterocycles. The molecule has 1 aliphatic rings. The van der Waals surface area contributed by atoms with E-state index in [1.54, 1.807) is 24.3 Å². The van der Waals surface area contributed by atoms with Crippen LogP contribution in [0.15, 0.2) is 60.7 Å². The molecule has 0 amide bonds. The maximum atomic E-state index is 12.8. The molecule has 9 nitrogen and oxygen atoms in total. The summed E-state index contributed by atoms with van der Waals surface area (Å²) >= 11 is 0. The largest absolute Gasteiger partial charge is 0.459 e. The summed E-state index contributed by atoms with van der Waals surface area (Å²) in [6, 6.07) is 14.9. The van der Waals surface area contributed by atoms with E-state index in [1.807, 2.05) is 0 Å². The highest BCUT2D eigenvalue weighted by atomic mass is 16.8. The molecule has 0 radical (unpaired) electrons. The predicted octanol–water partition coefficient (Wildman–Crippen LogP) is 2.29. The number of rotatable bonds is 7. The maximum absolute atomic E-state index is 12.8. The van der Waals surface area contributed by atoms with Crippen LogP contribution in [0.4, 0.5) is 0 Å². The number of hydrogen-bond donors (Lipinski definition) is 0. The van der Waals surface area contributed by atoms with Crippen molar-refractivity contribution < 1.29 is 47.0 Å². The molecule has 0 bridgehead atoms. The molecule has 3 rings (SSSR count). The van der Waals surface area contributed by atoms with E-state index in [-0.39, 0.29) is 11.1 Å². The van der Waals surface area contributed by atoms with Crippen LogP contribution in [0.1, 0.15) is 38.7 Å². The molecular weight excluding hydrogens is 420 g/mol. The summed E-state index contributed by atoms with van der Waals surface area (Å²) in [5.41, 5.74) is 0.0121. The van der Waals surface area contributed by atoms with Crippen molar-refractivity contribution in [2.75, 3.05) is 6.58 Å². The fourth-order valence-electron chi connectivity index (χ4n) is 2.72. The van der Waals surface area contributed by atoms with Gasteiger partial charge in [0.25, 0.3) is 0 Å². The van der Waals surface area contributed by atoms with Crippen molar-refractivity contribution in [1.82, 2.24) is 0 Å². The molecular formula is C23H22O9. The third-order valence-corrected chi connectivity index (χ3v) is 4.06. The van der Waals surface area contributed by atoms with E-state index in [9.17, 15) is 19.2 Å². The lowest BCUT2D eigenvalue weighted by molar-refractivity contribution is -0.196. The molecule has 0 N–H and O–H groups in total. The summed E-state index contributed by atoms with van der Waals surface area (Å²) in [6.07, 6.45) is -9.92. The van der Waals surface area contributed by atoms with Gasteiger partial charge >= 0.3 is 23.9 Å². The van der Waals surface area contributed by atoms with Gasteiger partial charge in [0.2, 0.25) is 12.4 Å². The highest BCUT2D eigenvalue weighted by Gasteiger charge is 2.51. The minimum atomic E-state index is -3.01. The monoisotopic (exact) mass is 445 g/mol. The lowest BCUT2D eigenvalue weighted by atomic mass is 10.1. The molecule has 2 unspecified atom stereocenters. The molecule has 9 heteroatoms. The second-order valence-corrected chi connectivity index (χ2v) is 6.50. The third-order valence-electron chi connectivity index (χ3n) is 4.06. The number of ether oxygens (including phenoxy) is 5. The van der Waals surface area contributed by atoms with Gasteiger partial charge in [-0.05, 0) is 24.3 Å². The van der Waals surface area contributed by atoms with Gasteiger partial charge in [-0.25, -0.2) is 9.59 Å². The predicted molar refractivity (Wildman–Crippen MR) is 108 cm³/mol. The first-order valence-corrected chi connectivity index (χ1v) is 9.47. The van der Waals surface area contributed by atoms with Crippen LogP contribution in [0.25, 0.3) is 0 Å². The molecule has 0 saturated carbocycles. The fourth-order valence-corrected chi connectivity index (χ4v) is 2.72. The highest BCUT2D eigenvalue weighted by Crippen LogP contribution is 2.29. The lowest BCUT2D eigenvalue weighted by Gasteiger charge is -2.23. The van der Waals surface area contributed by atoms with Crippen LogP contribution in [0, 0.1) is 0 Å². The van der Waals surface area contributed by atoms with E-state index in [0.29, 0.717) is 0 Å². The number of hydrogen-bond acceptors (Lipinski definition) is 9. The van der Waals surface area contributed by atoms with E-state index in [0.717, 1.165) is 13.8 Å². The SMILES string of the molecule is [2H]C(OC(=O)c1ccccc1)[C@@]1([2H])OC(OC(C)=O)[C@H](OC(C)=O)[C@]1([2H])OC(=O)c1ccccc1. The van der Waals surface area contributed by atoms with Gasteiger partial charge in [0, 0.05) is 13.8 Å². The molecule has 5 atom stereocenters. The zero-order valence-corrected chi connectivity index (χ0v) is 17.2. The quantitative estimate of drug-likeness (QED) is 0.468. The molecule has 0 aromatic heterocycles. The zero-order chi connectivity index (χ0) is 25.8. The van der Waals surface area contributed by atoms with Crippen LogP contribution >= 0.6 is 0 Å². The number of esters is 4. The van der Waals surface area contributed by atoms with Crippen LogP contribution < -0.4 is 0 Å². The summed E-state index contributed by atoms with van der Waals surface area (Å²) in [4.78, 5) is 48.7. The standard InChI is InChI=1S/C23H22O9/c1-14(24)29-20-19(32-22(27)17-11-7-4-8-12-17)18(31-23(20)30-15(2)25)13-28-21(26)16-9-5-3-6-10-16/h3-12,18-20,23H,13H2,1-2H3/t18-,19-,20-,23?/m1/s1/i13D,18D,19D/t13?,18-,19-,20-,23?. The van der Waals surface area contributed by atoms with E-state index < -0.39 is 55.0 Å². The first-order valence-electron chi connectivity index (χ1n) is 11.0. The Morgan fingerprint density at radius 3 is 1.91 bits per heavy atom. The molecule has 32 heavy (non-hydrogen) atoms. The smallest absolute Gasteiger partial charge is 0.338 e. The molecule has 2 aromatic carbocycles. The van der Waals surface area contributed by atoms with Crippen molar-refractivity contribution in [3.63, 3.8) is 0 Å². The molecule has 1 saturated heterocycles. The Labute approximate surface area is 188 Å². The van der Waals surface area contributed by atoms with Gasteiger partial charge in [-0.2, -0.15) is 0 Å². The minimum Gasteiger partial charge on any atom is -0.459 e. The third kappa shape index (κ3) is 5.92. The van der Waals surface area contributed by atoms with E-state index >= 15 is 0 Å². The average Bonchev–Trinajstić information content (AvgIpc) is 3.01. The Hall–Kier alpha value is -3.72. The van der Waals surface area contributed by atoms with Gasteiger partial charge in [-0.15, -0.1) is 0 Å². The number of carbonyl (C=O) groups excluding carboxylic acids is 4. The van der Waals surface area contributed by atoms with Gasteiger partial charge in [0.05, 0.1) is 15.2 Å².